The van der Waals surface area contributed by atoms with Gasteiger partial charge in [-0.25, -0.2) is 4.79 Å². The van der Waals surface area contributed by atoms with Crippen molar-refractivity contribution in [3.05, 3.63) is 35.4 Å². The van der Waals surface area contributed by atoms with Crippen molar-refractivity contribution in [3.8, 4) is 0 Å². The maximum Gasteiger partial charge on any atom is 0.332 e. The van der Waals surface area contributed by atoms with Crippen LogP contribution in [-0.4, -0.2) is 47.0 Å². The molecule has 0 aromatic heterocycles. The number of nitrogens with zero attached hydrogens (tertiary/aromatic N) is 1. The quantitative estimate of drug-likeness (QED) is 0.793. The molecular weight excluding hydrogens is 250 g/mol. The number of fused-ring (bicyclic) bond motifs is 1. The SMILES string of the molecule is C[C@H](OCCN1C(=O)c2ccccc2C1=O)C(=O)O. The lowest BCUT2D eigenvalue weighted by atomic mass is 10.1. The van der Waals surface area contributed by atoms with Crippen LogP contribution >= 0.6 is 0 Å². The monoisotopic (exact) mass is 263 g/mol. The molecular formula is C13H13NO5. The Morgan fingerprint density at radius 3 is 2.26 bits per heavy atom. The fraction of sp³-hybridized carbons (Fsp3) is 0.308. The molecule has 19 heavy (non-hydrogen) atoms. The molecule has 0 bridgehead atoms. The van der Waals surface area contributed by atoms with Crippen molar-refractivity contribution in [2.24, 2.45) is 0 Å². The molecule has 0 saturated heterocycles. The summed E-state index contributed by atoms with van der Waals surface area (Å²) < 4.78 is 5.02. The van der Waals surface area contributed by atoms with Gasteiger partial charge in [-0.05, 0) is 19.1 Å². The first-order valence-corrected chi connectivity index (χ1v) is 5.82. The molecule has 0 spiro atoms. The van der Waals surface area contributed by atoms with Crippen LogP contribution in [0.5, 0.6) is 0 Å². The van der Waals surface area contributed by atoms with Crippen LogP contribution in [0, 0.1) is 0 Å². The van der Waals surface area contributed by atoms with Gasteiger partial charge in [0, 0.05) is 0 Å². The lowest BCUT2D eigenvalue weighted by Crippen LogP contribution is -2.34. The Morgan fingerprint density at radius 1 is 1.26 bits per heavy atom. The van der Waals surface area contributed by atoms with Gasteiger partial charge in [-0.2, -0.15) is 0 Å². The van der Waals surface area contributed by atoms with Gasteiger partial charge < -0.3 is 9.84 Å². The van der Waals surface area contributed by atoms with Crippen LogP contribution in [0.1, 0.15) is 27.6 Å². The highest BCUT2D eigenvalue weighted by Gasteiger charge is 2.34. The number of ether oxygens (including phenoxy) is 1. The molecule has 0 saturated carbocycles. The van der Waals surface area contributed by atoms with Gasteiger partial charge in [-0.1, -0.05) is 12.1 Å². The number of benzene rings is 1. The van der Waals surface area contributed by atoms with Crippen LogP contribution in [0.25, 0.3) is 0 Å². The fourth-order valence-corrected chi connectivity index (χ4v) is 1.83. The Balaban J connectivity index is 1.99. The number of hydrogen-bond acceptors (Lipinski definition) is 4. The number of carbonyl (C=O) groups is 3. The molecule has 100 valence electrons. The maximum absolute atomic E-state index is 11.9. The van der Waals surface area contributed by atoms with E-state index >= 15 is 0 Å². The highest BCUT2D eigenvalue weighted by Crippen LogP contribution is 2.21. The predicted molar refractivity (Wildman–Crippen MR) is 64.9 cm³/mol. The summed E-state index contributed by atoms with van der Waals surface area (Å²) >= 11 is 0. The summed E-state index contributed by atoms with van der Waals surface area (Å²) in [7, 11) is 0. The third kappa shape index (κ3) is 2.48. The second-order valence-corrected chi connectivity index (χ2v) is 4.16. The van der Waals surface area contributed by atoms with E-state index < -0.39 is 12.1 Å². The zero-order chi connectivity index (χ0) is 14.0. The largest absolute Gasteiger partial charge is 0.479 e. The van der Waals surface area contributed by atoms with E-state index in [0.717, 1.165) is 4.90 Å². The van der Waals surface area contributed by atoms with Crippen LogP contribution in [0.4, 0.5) is 0 Å². The van der Waals surface area contributed by atoms with Crippen LogP contribution in [0.3, 0.4) is 0 Å². The number of carboxylic acids is 1. The average molecular weight is 263 g/mol. The normalized spacial score (nSPS) is 15.5. The van der Waals surface area contributed by atoms with E-state index in [1.165, 1.54) is 6.92 Å². The minimum absolute atomic E-state index is 0.00106. The Kier molecular flexibility index (Phi) is 3.62. The van der Waals surface area contributed by atoms with Crippen molar-refractivity contribution in [2.45, 2.75) is 13.0 Å². The summed E-state index contributed by atoms with van der Waals surface area (Å²) in [5, 5.41) is 8.65. The molecule has 2 rings (SSSR count). The molecule has 0 radical (unpaired) electrons. The fourth-order valence-electron chi connectivity index (χ4n) is 1.83. The Hall–Kier alpha value is -2.21. The molecule has 1 aromatic carbocycles. The van der Waals surface area contributed by atoms with Gasteiger partial charge in [-0.3, -0.25) is 14.5 Å². The van der Waals surface area contributed by atoms with Crippen molar-refractivity contribution < 1.29 is 24.2 Å². The van der Waals surface area contributed by atoms with E-state index in [4.69, 9.17) is 9.84 Å². The number of carbonyl (C=O) groups excluding carboxylic acids is 2. The highest BCUT2D eigenvalue weighted by molar-refractivity contribution is 6.21. The first-order valence-electron chi connectivity index (χ1n) is 5.82. The summed E-state index contributed by atoms with van der Waals surface area (Å²) in [5.74, 6) is -1.82. The lowest BCUT2D eigenvalue weighted by molar-refractivity contribution is -0.149. The Morgan fingerprint density at radius 2 is 1.79 bits per heavy atom. The number of rotatable bonds is 5. The van der Waals surface area contributed by atoms with Crippen LogP contribution in [0.15, 0.2) is 24.3 Å². The topological polar surface area (TPSA) is 83.9 Å². The van der Waals surface area contributed by atoms with Crippen molar-refractivity contribution in [1.82, 2.24) is 4.90 Å². The molecule has 1 aromatic rings. The number of carboxylic acid groups (broad SMARTS) is 1. The van der Waals surface area contributed by atoms with E-state index in [2.05, 4.69) is 0 Å². The molecule has 1 N–H and O–H groups in total. The molecule has 1 aliphatic heterocycles. The third-order valence-corrected chi connectivity index (χ3v) is 2.91. The molecule has 1 aliphatic rings. The number of hydrogen-bond donors (Lipinski definition) is 1. The minimum atomic E-state index is -1.08. The lowest BCUT2D eigenvalue weighted by Gasteiger charge is -2.15. The van der Waals surface area contributed by atoms with Crippen molar-refractivity contribution in [1.29, 1.82) is 0 Å². The molecule has 2 amide bonds. The van der Waals surface area contributed by atoms with Gasteiger partial charge in [0.05, 0.1) is 24.3 Å². The third-order valence-electron chi connectivity index (χ3n) is 2.91. The average Bonchev–Trinajstić information content (AvgIpc) is 2.64. The standard InChI is InChI=1S/C13H13NO5/c1-8(13(17)18)19-7-6-14-11(15)9-4-2-3-5-10(9)12(14)16/h2-5,8H,6-7H2,1H3,(H,17,18)/t8-/m0/s1. The second kappa shape index (κ2) is 5.19. The first-order chi connectivity index (χ1) is 9.02. The van der Waals surface area contributed by atoms with E-state index in [1.807, 2.05) is 0 Å². The van der Waals surface area contributed by atoms with Crippen molar-refractivity contribution in [3.63, 3.8) is 0 Å². The smallest absolute Gasteiger partial charge is 0.332 e. The molecule has 0 fully saturated rings. The minimum Gasteiger partial charge on any atom is -0.479 e. The number of imide groups is 1. The van der Waals surface area contributed by atoms with Gasteiger partial charge in [0.25, 0.3) is 11.8 Å². The van der Waals surface area contributed by atoms with Gasteiger partial charge in [-0.15, -0.1) is 0 Å². The zero-order valence-electron chi connectivity index (χ0n) is 10.3. The number of amides is 2. The first kappa shape index (κ1) is 13.2. The summed E-state index contributed by atoms with van der Waals surface area (Å²) in [4.78, 5) is 35.5. The van der Waals surface area contributed by atoms with E-state index in [9.17, 15) is 14.4 Å². The van der Waals surface area contributed by atoms with Gasteiger partial charge in [0.2, 0.25) is 0 Å². The number of aliphatic carboxylic acids is 1. The van der Waals surface area contributed by atoms with Gasteiger partial charge >= 0.3 is 5.97 Å². The molecule has 1 atom stereocenters. The van der Waals surface area contributed by atoms with Gasteiger partial charge in [0.1, 0.15) is 0 Å². The summed E-state index contributed by atoms with van der Waals surface area (Å²) in [6, 6.07) is 6.57. The molecule has 1 heterocycles. The highest BCUT2D eigenvalue weighted by atomic mass is 16.5. The summed E-state index contributed by atoms with van der Waals surface area (Å²) in [6.07, 6.45) is -0.963. The van der Waals surface area contributed by atoms with E-state index in [1.54, 1.807) is 24.3 Å². The molecule has 0 unspecified atom stereocenters. The van der Waals surface area contributed by atoms with Crippen molar-refractivity contribution in [2.75, 3.05) is 13.2 Å². The summed E-state index contributed by atoms with van der Waals surface area (Å²) in [6.45, 7) is 1.44. The van der Waals surface area contributed by atoms with Crippen LogP contribution < -0.4 is 0 Å². The Labute approximate surface area is 109 Å². The zero-order valence-corrected chi connectivity index (χ0v) is 10.3. The Bertz CT molecular complexity index is 505. The molecule has 0 aliphatic carbocycles. The summed E-state index contributed by atoms with van der Waals surface area (Å²) in [5.41, 5.74) is 0.748. The van der Waals surface area contributed by atoms with Crippen LogP contribution in [-0.2, 0) is 9.53 Å². The second-order valence-electron chi connectivity index (χ2n) is 4.16. The van der Waals surface area contributed by atoms with E-state index in [0.29, 0.717) is 11.1 Å². The van der Waals surface area contributed by atoms with Crippen molar-refractivity contribution >= 4 is 17.8 Å². The molecule has 6 heteroatoms. The predicted octanol–water partition coefficient (Wildman–Crippen LogP) is 0.772. The maximum atomic E-state index is 11.9. The van der Waals surface area contributed by atoms with E-state index in [-0.39, 0.29) is 25.0 Å². The van der Waals surface area contributed by atoms with Gasteiger partial charge in [0.15, 0.2) is 6.10 Å². The molecule has 6 nitrogen and oxygen atoms in total. The van der Waals surface area contributed by atoms with Crippen LogP contribution in [0.2, 0.25) is 0 Å².